The van der Waals surface area contributed by atoms with Gasteiger partial charge in [0, 0.05) is 32.5 Å². The van der Waals surface area contributed by atoms with Crippen LogP contribution in [0.4, 0.5) is 4.79 Å². The van der Waals surface area contributed by atoms with Crippen LogP contribution in [-0.4, -0.2) is 49.4 Å². The summed E-state index contributed by atoms with van der Waals surface area (Å²) >= 11 is 0. The number of imidazole rings is 1. The molecule has 8 nitrogen and oxygen atoms in total. The molecule has 2 aromatic heterocycles. The van der Waals surface area contributed by atoms with E-state index < -0.39 is 5.60 Å². The number of rotatable bonds is 3. The van der Waals surface area contributed by atoms with Gasteiger partial charge >= 0.3 is 6.09 Å². The van der Waals surface area contributed by atoms with Gasteiger partial charge in [-0.3, -0.25) is 0 Å². The lowest BCUT2D eigenvalue weighted by molar-refractivity contribution is -0.00186. The van der Waals surface area contributed by atoms with Crippen LogP contribution < -0.4 is 0 Å². The highest BCUT2D eigenvalue weighted by Crippen LogP contribution is 2.23. The number of carbonyl (C=O) groups excluding carboxylic acids is 1. The molecule has 0 N–H and O–H groups in total. The third kappa shape index (κ3) is 3.52. The second-order valence-corrected chi connectivity index (χ2v) is 6.86. The molecule has 1 saturated heterocycles. The molecule has 1 amide bonds. The maximum absolute atomic E-state index is 11.9. The summed E-state index contributed by atoms with van der Waals surface area (Å²) in [5.74, 6) is 1.43. The van der Waals surface area contributed by atoms with Crippen LogP contribution in [0, 0.1) is 5.92 Å². The summed E-state index contributed by atoms with van der Waals surface area (Å²) in [4.78, 5) is 22.0. The van der Waals surface area contributed by atoms with E-state index in [1.165, 1.54) is 0 Å². The first-order valence-corrected chi connectivity index (χ1v) is 7.59. The Morgan fingerprint density at radius 3 is 2.78 bits per heavy atom. The molecule has 0 radical (unpaired) electrons. The van der Waals surface area contributed by atoms with Crippen molar-refractivity contribution in [2.45, 2.75) is 32.8 Å². The minimum atomic E-state index is -0.466. The van der Waals surface area contributed by atoms with E-state index in [1.807, 2.05) is 32.4 Å². The summed E-state index contributed by atoms with van der Waals surface area (Å²) in [7, 11) is 1.88. The van der Waals surface area contributed by atoms with Crippen molar-refractivity contribution in [3.8, 4) is 11.5 Å². The maximum Gasteiger partial charge on any atom is 0.410 e. The summed E-state index contributed by atoms with van der Waals surface area (Å²) in [6, 6.07) is 0. The molecule has 0 unspecified atom stereocenters. The number of nitrogens with zero attached hydrogens (tertiary/aromatic N) is 5. The highest BCUT2D eigenvalue weighted by Gasteiger charge is 2.34. The number of aromatic nitrogens is 4. The van der Waals surface area contributed by atoms with Gasteiger partial charge in [-0.25, -0.2) is 9.78 Å². The normalized spacial score (nSPS) is 15.6. The Bertz CT molecular complexity index is 694. The lowest BCUT2D eigenvalue weighted by Crippen LogP contribution is -2.52. The Hall–Kier alpha value is -2.38. The zero-order valence-electron chi connectivity index (χ0n) is 13.8. The van der Waals surface area contributed by atoms with E-state index in [0.717, 1.165) is 5.69 Å². The minimum absolute atomic E-state index is 0.269. The monoisotopic (exact) mass is 319 g/mol. The van der Waals surface area contributed by atoms with E-state index in [-0.39, 0.29) is 6.09 Å². The van der Waals surface area contributed by atoms with E-state index >= 15 is 0 Å². The zero-order chi connectivity index (χ0) is 16.6. The van der Waals surface area contributed by atoms with Crippen LogP contribution in [0.15, 0.2) is 17.0 Å². The van der Waals surface area contributed by atoms with Crippen LogP contribution in [0.25, 0.3) is 11.5 Å². The van der Waals surface area contributed by atoms with Crippen molar-refractivity contribution in [3.05, 3.63) is 18.4 Å². The molecule has 23 heavy (non-hydrogen) atoms. The van der Waals surface area contributed by atoms with Gasteiger partial charge < -0.3 is 18.7 Å². The van der Waals surface area contributed by atoms with Gasteiger partial charge in [0.2, 0.25) is 11.7 Å². The number of likely N-dealkylation sites (tertiary alicyclic amines) is 1. The summed E-state index contributed by atoms with van der Waals surface area (Å²) in [5, 5.41) is 3.98. The minimum Gasteiger partial charge on any atom is -0.444 e. The fourth-order valence-corrected chi connectivity index (χ4v) is 2.44. The van der Waals surface area contributed by atoms with Gasteiger partial charge in [0.05, 0.1) is 12.5 Å². The smallest absolute Gasteiger partial charge is 0.410 e. The molecule has 0 aromatic carbocycles. The topological polar surface area (TPSA) is 86.3 Å². The van der Waals surface area contributed by atoms with Crippen LogP contribution in [0.5, 0.6) is 0 Å². The van der Waals surface area contributed by atoms with Crippen molar-refractivity contribution in [1.82, 2.24) is 24.6 Å². The molecule has 0 atom stereocenters. The second kappa shape index (κ2) is 5.68. The SMILES string of the molecule is Cn1cncc1-c1noc(CC2CN(C(=O)OC(C)(C)C)C2)n1. The van der Waals surface area contributed by atoms with Crippen LogP contribution in [0.3, 0.4) is 0 Å². The first-order valence-electron chi connectivity index (χ1n) is 7.59. The lowest BCUT2D eigenvalue weighted by atomic mass is 9.97. The van der Waals surface area contributed by atoms with E-state index in [0.29, 0.717) is 37.1 Å². The van der Waals surface area contributed by atoms with Gasteiger partial charge in [-0.15, -0.1) is 0 Å². The van der Waals surface area contributed by atoms with Crippen LogP contribution >= 0.6 is 0 Å². The molecule has 0 saturated carbocycles. The predicted octanol–water partition coefficient (Wildman–Crippen LogP) is 1.88. The van der Waals surface area contributed by atoms with Crippen molar-refractivity contribution in [2.75, 3.05) is 13.1 Å². The molecule has 3 rings (SSSR count). The van der Waals surface area contributed by atoms with Gasteiger partial charge in [0.15, 0.2) is 0 Å². The number of amides is 1. The molecule has 2 aromatic rings. The third-order valence-electron chi connectivity index (χ3n) is 3.59. The van der Waals surface area contributed by atoms with Crippen molar-refractivity contribution >= 4 is 6.09 Å². The highest BCUT2D eigenvalue weighted by atomic mass is 16.6. The van der Waals surface area contributed by atoms with E-state index in [1.54, 1.807) is 17.4 Å². The Morgan fingerprint density at radius 1 is 1.43 bits per heavy atom. The summed E-state index contributed by atoms with van der Waals surface area (Å²) < 4.78 is 12.5. The fraction of sp³-hybridized carbons (Fsp3) is 0.600. The molecule has 8 heteroatoms. The molecule has 3 heterocycles. The van der Waals surface area contributed by atoms with Crippen LogP contribution in [-0.2, 0) is 18.2 Å². The highest BCUT2D eigenvalue weighted by molar-refractivity contribution is 5.69. The number of ether oxygens (including phenoxy) is 1. The third-order valence-corrected chi connectivity index (χ3v) is 3.59. The number of hydrogen-bond acceptors (Lipinski definition) is 6. The Labute approximate surface area is 134 Å². The van der Waals surface area contributed by atoms with Crippen molar-refractivity contribution in [2.24, 2.45) is 13.0 Å². The average Bonchev–Trinajstić information content (AvgIpc) is 2.99. The molecule has 1 aliphatic heterocycles. The Morgan fingerprint density at radius 2 is 2.17 bits per heavy atom. The average molecular weight is 319 g/mol. The second-order valence-electron chi connectivity index (χ2n) is 6.86. The van der Waals surface area contributed by atoms with Crippen molar-refractivity contribution in [1.29, 1.82) is 0 Å². The van der Waals surface area contributed by atoms with Gasteiger partial charge in [-0.05, 0) is 20.8 Å². The van der Waals surface area contributed by atoms with E-state index in [4.69, 9.17) is 9.26 Å². The first-order chi connectivity index (χ1) is 10.8. The number of aryl methyl sites for hydroxylation is 1. The van der Waals surface area contributed by atoms with E-state index in [2.05, 4.69) is 15.1 Å². The first kappa shape index (κ1) is 15.5. The van der Waals surface area contributed by atoms with Crippen molar-refractivity contribution < 1.29 is 14.1 Å². The molecular weight excluding hydrogens is 298 g/mol. The Balaban J connectivity index is 1.52. The molecule has 0 spiro atoms. The zero-order valence-corrected chi connectivity index (χ0v) is 13.8. The molecule has 1 fully saturated rings. The van der Waals surface area contributed by atoms with E-state index in [9.17, 15) is 4.79 Å². The quantitative estimate of drug-likeness (QED) is 0.858. The number of carbonyl (C=O) groups is 1. The van der Waals surface area contributed by atoms with Crippen molar-refractivity contribution in [3.63, 3.8) is 0 Å². The van der Waals surface area contributed by atoms with Gasteiger partial charge in [-0.2, -0.15) is 4.98 Å². The fourth-order valence-electron chi connectivity index (χ4n) is 2.44. The van der Waals surface area contributed by atoms with Crippen LogP contribution in [0.2, 0.25) is 0 Å². The molecule has 0 bridgehead atoms. The lowest BCUT2D eigenvalue weighted by Gasteiger charge is -2.39. The summed E-state index contributed by atoms with van der Waals surface area (Å²) in [6.07, 6.45) is 3.78. The van der Waals surface area contributed by atoms with Gasteiger partial charge in [0.25, 0.3) is 0 Å². The largest absolute Gasteiger partial charge is 0.444 e. The summed E-state index contributed by atoms with van der Waals surface area (Å²) in [5.41, 5.74) is 0.344. The molecule has 1 aliphatic rings. The molecular formula is C15H21N5O3. The predicted molar refractivity (Wildman–Crippen MR) is 81.5 cm³/mol. The molecule has 124 valence electrons. The standard InChI is InChI=1S/C15H21N5O3/c1-15(2,3)22-14(21)20-7-10(8-20)5-12-17-13(18-23-12)11-6-16-9-19(11)4/h6,9-10H,5,7-8H2,1-4H3. The van der Waals surface area contributed by atoms with Gasteiger partial charge in [-0.1, -0.05) is 5.16 Å². The van der Waals surface area contributed by atoms with Crippen LogP contribution in [0.1, 0.15) is 26.7 Å². The van der Waals surface area contributed by atoms with Gasteiger partial charge in [0.1, 0.15) is 11.3 Å². The summed E-state index contributed by atoms with van der Waals surface area (Å²) in [6.45, 7) is 6.89. The Kier molecular flexibility index (Phi) is 3.83. The molecule has 0 aliphatic carbocycles. The maximum atomic E-state index is 11.9. The number of hydrogen-bond donors (Lipinski definition) is 0.